The number of fused-ring (bicyclic) bond motifs is 1. The molecule has 3 rings (SSSR count). The lowest BCUT2D eigenvalue weighted by Crippen LogP contribution is -2.32. The van der Waals surface area contributed by atoms with Crippen molar-refractivity contribution in [2.24, 2.45) is 0 Å². The van der Waals surface area contributed by atoms with Crippen LogP contribution in [0.25, 0.3) is 10.9 Å². The number of ether oxygens (including phenoxy) is 1. The van der Waals surface area contributed by atoms with Crippen LogP contribution in [0, 0.1) is 11.3 Å². The number of hydrogen-bond acceptors (Lipinski definition) is 6. The average Bonchev–Trinajstić information content (AvgIpc) is 2.74. The fourth-order valence-corrected chi connectivity index (χ4v) is 2.77. The summed E-state index contributed by atoms with van der Waals surface area (Å²) in [5.74, 6) is -0.810. The highest BCUT2D eigenvalue weighted by Crippen LogP contribution is 2.09. The monoisotopic (exact) mass is 390 g/mol. The van der Waals surface area contributed by atoms with Crippen LogP contribution in [0.15, 0.2) is 59.4 Å². The number of nitrogens with one attached hydrogen (secondary N) is 1. The Morgan fingerprint density at radius 2 is 1.83 bits per heavy atom. The molecule has 0 aliphatic rings. The van der Waals surface area contributed by atoms with Gasteiger partial charge in [0.15, 0.2) is 5.82 Å². The zero-order valence-electron chi connectivity index (χ0n) is 15.5. The lowest BCUT2D eigenvalue weighted by atomic mass is 10.1. The van der Waals surface area contributed by atoms with Gasteiger partial charge in [-0.05, 0) is 17.7 Å². The van der Waals surface area contributed by atoms with Crippen molar-refractivity contribution in [3.05, 3.63) is 76.3 Å². The Bertz CT molecular complexity index is 1130. The highest BCUT2D eigenvalue weighted by molar-refractivity contribution is 5.83. The maximum atomic E-state index is 12.5. The van der Waals surface area contributed by atoms with Crippen molar-refractivity contribution in [1.29, 1.82) is 5.26 Å². The molecule has 0 fully saturated rings. The van der Waals surface area contributed by atoms with Gasteiger partial charge in [0.25, 0.3) is 5.56 Å². The van der Waals surface area contributed by atoms with E-state index in [0.29, 0.717) is 10.9 Å². The molecule has 0 saturated carbocycles. The van der Waals surface area contributed by atoms with Gasteiger partial charge in [-0.3, -0.25) is 19.0 Å². The average molecular weight is 390 g/mol. The second kappa shape index (κ2) is 9.28. The van der Waals surface area contributed by atoms with Gasteiger partial charge in [-0.1, -0.05) is 42.5 Å². The molecule has 146 valence electrons. The first kappa shape index (κ1) is 19.8. The predicted molar refractivity (Wildman–Crippen MR) is 105 cm³/mol. The third-order valence-corrected chi connectivity index (χ3v) is 4.17. The maximum Gasteiger partial charge on any atom is 0.325 e. The minimum Gasteiger partial charge on any atom is -0.456 e. The van der Waals surface area contributed by atoms with Crippen LogP contribution in [-0.2, 0) is 33.9 Å². The predicted octanol–water partition coefficient (Wildman–Crippen LogP) is 1.32. The molecule has 1 amide bonds. The number of carbonyl (C=O) groups excluding carboxylic acids is 2. The second-order valence-electron chi connectivity index (χ2n) is 6.19. The van der Waals surface area contributed by atoms with Gasteiger partial charge < -0.3 is 10.1 Å². The number of esters is 1. The largest absolute Gasteiger partial charge is 0.456 e. The number of benzene rings is 2. The van der Waals surface area contributed by atoms with Crippen molar-refractivity contribution in [1.82, 2.24) is 14.9 Å². The van der Waals surface area contributed by atoms with E-state index in [2.05, 4.69) is 10.3 Å². The number of rotatable bonds is 7. The Morgan fingerprint density at radius 1 is 1.10 bits per heavy atom. The van der Waals surface area contributed by atoms with Crippen LogP contribution in [0.2, 0.25) is 0 Å². The molecule has 1 N–H and O–H groups in total. The molecule has 0 radical (unpaired) electrons. The lowest BCUT2D eigenvalue weighted by Gasteiger charge is -2.11. The number of carbonyl (C=O) groups is 2. The van der Waals surface area contributed by atoms with E-state index >= 15 is 0 Å². The summed E-state index contributed by atoms with van der Waals surface area (Å²) in [5, 5.41) is 11.9. The van der Waals surface area contributed by atoms with Crippen LogP contribution in [0.5, 0.6) is 0 Å². The smallest absolute Gasteiger partial charge is 0.325 e. The molecule has 8 nitrogen and oxygen atoms in total. The number of nitrogens with zero attached hydrogens (tertiary/aromatic N) is 3. The van der Waals surface area contributed by atoms with Crippen LogP contribution < -0.4 is 10.9 Å². The van der Waals surface area contributed by atoms with Crippen LogP contribution >= 0.6 is 0 Å². The molecule has 2 aromatic carbocycles. The summed E-state index contributed by atoms with van der Waals surface area (Å²) in [6, 6.07) is 17.8. The van der Waals surface area contributed by atoms with Gasteiger partial charge >= 0.3 is 5.97 Å². The number of amides is 1. The number of nitriles is 1. The van der Waals surface area contributed by atoms with E-state index in [9.17, 15) is 14.4 Å². The van der Waals surface area contributed by atoms with E-state index in [1.165, 1.54) is 4.57 Å². The standard InChI is InChI=1S/C21H18N4O4/c22-10-11-25-18(24-17-9-5-4-8-16(17)21(25)28)14-29-20(27)13-23-19(26)12-15-6-2-1-3-7-15/h1-9H,11-14H2,(H,23,26). The number of hydrogen-bond donors (Lipinski definition) is 1. The molecule has 0 unspecified atom stereocenters. The Hall–Kier alpha value is -3.99. The van der Waals surface area contributed by atoms with Gasteiger partial charge in [-0.15, -0.1) is 0 Å². The van der Waals surface area contributed by atoms with Crippen LogP contribution in [-0.4, -0.2) is 28.0 Å². The topological polar surface area (TPSA) is 114 Å². The maximum absolute atomic E-state index is 12.5. The highest BCUT2D eigenvalue weighted by Gasteiger charge is 2.13. The first-order valence-corrected chi connectivity index (χ1v) is 8.90. The summed E-state index contributed by atoms with van der Waals surface area (Å²) >= 11 is 0. The molecule has 3 aromatic rings. The van der Waals surface area contributed by atoms with E-state index in [1.807, 2.05) is 36.4 Å². The van der Waals surface area contributed by atoms with Crippen LogP contribution in [0.1, 0.15) is 11.4 Å². The fraction of sp³-hybridized carbons (Fsp3) is 0.190. The third-order valence-electron chi connectivity index (χ3n) is 4.17. The molecular formula is C21H18N4O4. The van der Waals surface area contributed by atoms with E-state index in [-0.39, 0.29) is 43.4 Å². The van der Waals surface area contributed by atoms with Crippen molar-refractivity contribution < 1.29 is 14.3 Å². The first-order valence-electron chi connectivity index (χ1n) is 8.90. The Morgan fingerprint density at radius 3 is 2.59 bits per heavy atom. The summed E-state index contributed by atoms with van der Waals surface area (Å²) in [6.45, 7) is -0.797. The van der Waals surface area contributed by atoms with E-state index in [4.69, 9.17) is 10.00 Å². The van der Waals surface area contributed by atoms with Gasteiger partial charge in [-0.2, -0.15) is 5.26 Å². The van der Waals surface area contributed by atoms with Gasteiger partial charge in [0.05, 0.1) is 23.4 Å². The summed E-state index contributed by atoms with van der Waals surface area (Å²) < 4.78 is 6.30. The minimum absolute atomic E-state index is 0.155. The number of para-hydroxylation sites is 1. The van der Waals surface area contributed by atoms with E-state index in [0.717, 1.165) is 5.56 Å². The van der Waals surface area contributed by atoms with Crippen LogP contribution in [0.4, 0.5) is 0 Å². The normalized spacial score (nSPS) is 10.3. The molecule has 0 bridgehead atoms. The molecule has 29 heavy (non-hydrogen) atoms. The summed E-state index contributed by atoms with van der Waals surface area (Å²) in [7, 11) is 0. The Labute approximate surface area is 166 Å². The lowest BCUT2D eigenvalue weighted by molar-refractivity contribution is -0.145. The van der Waals surface area contributed by atoms with Gasteiger partial charge in [-0.25, -0.2) is 4.98 Å². The van der Waals surface area contributed by atoms with E-state index in [1.54, 1.807) is 24.3 Å². The molecule has 8 heteroatoms. The second-order valence-corrected chi connectivity index (χ2v) is 6.19. The third kappa shape index (κ3) is 5.05. The molecule has 1 heterocycles. The summed E-state index contributed by atoms with van der Waals surface area (Å²) in [6.07, 6.45) is 0.155. The van der Waals surface area contributed by atoms with Crippen molar-refractivity contribution >= 4 is 22.8 Å². The van der Waals surface area contributed by atoms with Gasteiger partial charge in [0, 0.05) is 0 Å². The van der Waals surface area contributed by atoms with Gasteiger partial charge in [0.2, 0.25) is 5.91 Å². The first-order chi connectivity index (χ1) is 14.1. The van der Waals surface area contributed by atoms with Crippen LogP contribution in [0.3, 0.4) is 0 Å². The fourth-order valence-electron chi connectivity index (χ4n) is 2.77. The van der Waals surface area contributed by atoms with Gasteiger partial charge in [0.1, 0.15) is 19.7 Å². The number of aromatic nitrogens is 2. The minimum atomic E-state index is -0.669. The molecule has 0 saturated heterocycles. The zero-order chi connectivity index (χ0) is 20.6. The molecular weight excluding hydrogens is 372 g/mol. The highest BCUT2D eigenvalue weighted by atomic mass is 16.5. The Kier molecular flexibility index (Phi) is 6.32. The molecule has 0 spiro atoms. The molecule has 0 atom stereocenters. The van der Waals surface area contributed by atoms with Crippen molar-refractivity contribution in [2.45, 2.75) is 19.6 Å². The van der Waals surface area contributed by atoms with Crippen molar-refractivity contribution in [3.63, 3.8) is 0 Å². The molecule has 0 aliphatic heterocycles. The van der Waals surface area contributed by atoms with E-state index < -0.39 is 5.97 Å². The Balaban J connectivity index is 1.62. The van der Waals surface area contributed by atoms with Crippen molar-refractivity contribution in [2.75, 3.05) is 6.54 Å². The quantitative estimate of drug-likeness (QED) is 0.609. The SMILES string of the molecule is N#CCn1c(COC(=O)CNC(=O)Cc2ccccc2)nc2ccccc2c1=O. The van der Waals surface area contributed by atoms with Crippen molar-refractivity contribution in [3.8, 4) is 6.07 Å². The summed E-state index contributed by atoms with van der Waals surface area (Å²) in [5.41, 5.74) is 0.910. The molecule has 1 aromatic heterocycles. The zero-order valence-corrected chi connectivity index (χ0v) is 15.5. The summed E-state index contributed by atoms with van der Waals surface area (Å²) in [4.78, 5) is 40.8. The molecule has 0 aliphatic carbocycles.